The van der Waals surface area contributed by atoms with E-state index in [4.69, 9.17) is 9.90 Å². The molecule has 1 aliphatic rings. The molecule has 7 nitrogen and oxygen atoms in total. The second kappa shape index (κ2) is 11.5. The van der Waals surface area contributed by atoms with Gasteiger partial charge in [-0.1, -0.05) is 32.0 Å². The van der Waals surface area contributed by atoms with Gasteiger partial charge in [-0.2, -0.15) is 13.2 Å². The molecule has 3 rings (SSSR count). The molecule has 2 aromatic carbocycles. The highest BCUT2D eigenvalue weighted by atomic mass is 32.2. The van der Waals surface area contributed by atoms with E-state index in [9.17, 15) is 26.4 Å². The van der Waals surface area contributed by atoms with Gasteiger partial charge in [0, 0.05) is 12.2 Å². The van der Waals surface area contributed by atoms with Gasteiger partial charge in [0.15, 0.2) is 0 Å². The lowest BCUT2D eigenvalue weighted by molar-refractivity contribution is -0.192. The molecule has 2 aromatic rings. The molecule has 0 aliphatic heterocycles. The number of benzene rings is 2. The number of aliphatic carboxylic acids is 1. The van der Waals surface area contributed by atoms with Crippen LogP contribution in [0.5, 0.6) is 0 Å². The first-order valence-electron chi connectivity index (χ1n) is 11.8. The summed E-state index contributed by atoms with van der Waals surface area (Å²) in [6, 6.07) is 10.8. The monoisotopic (exact) mass is 542 g/mol. The number of nitrogens with one attached hydrogen (secondary N) is 2. The number of alkyl halides is 3. The molecule has 0 radical (unpaired) electrons. The Kier molecular flexibility index (Phi) is 9.40. The Morgan fingerprint density at radius 2 is 1.51 bits per heavy atom. The summed E-state index contributed by atoms with van der Waals surface area (Å²) >= 11 is 0. The van der Waals surface area contributed by atoms with Gasteiger partial charge >= 0.3 is 12.1 Å². The van der Waals surface area contributed by atoms with Gasteiger partial charge in [-0.3, -0.25) is 9.52 Å². The van der Waals surface area contributed by atoms with Crippen molar-refractivity contribution in [3.8, 4) is 0 Å². The molecule has 0 aromatic heterocycles. The molecule has 1 aliphatic carbocycles. The maximum atomic E-state index is 12.9. The number of anilines is 1. The molecule has 0 heterocycles. The van der Waals surface area contributed by atoms with E-state index in [-0.39, 0.29) is 10.8 Å². The van der Waals surface area contributed by atoms with Gasteiger partial charge in [-0.25, -0.2) is 13.2 Å². The van der Waals surface area contributed by atoms with Crippen molar-refractivity contribution in [2.45, 2.75) is 70.4 Å². The first-order valence-corrected chi connectivity index (χ1v) is 13.3. The van der Waals surface area contributed by atoms with Crippen molar-refractivity contribution in [3.05, 3.63) is 58.7 Å². The molecule has 1 saturated carbocycles. The third kappa shape index (κ3) is 7.95. The highest BCUT2D eigenvalue weighted by Crippen LogP contribution is 2.48. The number of carboxylic acid groups (broad SMARTS) is 1. The van der Waals surface area contributed by atoms with Gasteiger partial charge in [-0.05, 0) is 86.4 Å². The quantitative estimate of drug-likeness (QED) is 0.422. The van der Waals surface area contributed by atoms with Crippen molar-refractivity contribution >= 4 is 27.6 Å². The molecule has 0 atom stereocenters. The first-order chi connectivity index (χ1) is 17.0. The van der Waals surface area contributed by atoms with Gasteiger partial charge in [0.1, 0.15) is 0 Å². The molecule has 37 heavy (non-hydrogen) atoms. The zero-order chi connectivity index (χ0) is 28.2. The fraction of sp³-hybridized carbons (Fsp3) is 0.462. The zero-order valence-corrected chi connectivity index (χ0v) is 22.3. The summed E-state index contributed by atoms with van der Waals surface area (Å²) in [5.74, 6) is -2.14. The minimum absolute atomic E-state index is 0.0715. The first kappa shape index (κ1) is 30.1. The van der Waals surface area contributed by atoms with Crippen LogP contribution in [-0.2, 0) is 25.0 Å². The summed E-state index contributed by atoms with van der Waals surface area (Å²) in [6.45, 7) is 10.6. The highest BCUT2D eigenvalue weighted by Gasteiger charge is 2.51. The van der Waals surface area contributed by atoms with Crippen LogP contribution in [0.4, 0.5) is 18.9 Å². The van der Waals surface area contributed by atoms with Crippen LogP contribution in [0.2, 0.25) is 0 Å². The van der Waals surface area contributed by atoms with Crippen LogP contribution < -0.4 is 10.0 Å². The van der Waals surface area contributed by atoms with E-state index >= 15 is 0 Å². The van der Waals surface area contributed by atoms with E-state index < -0.39 is 27.6 Å². The third-order valence-electron chi connectivity index (χ3n) is 6.20. The van der Waals surface area contributed by atoms with Crippen molar-refractivity contribution in [2.24, 2.45) is 5.92 Å². The SMILES string of the molecule is Cc1cc(C)c(S(=O)(=O)Nc2ccc(C3(C(=O)NCCC(C)C)CC3)cc2)cc1C.O=C(O)C(F)(F)F. The second-order valence-electron chi connectivity index (χ2n) is 9.71. The van der Waals surface area contributed by atoms with E-state index in [1.807, 2.05) is 32.0 Å². The maximum absolute atomic E-state index is 12.9. The number of hydrogen-bond acceptors (Lipinski definition) is 4. The molecule has 0 saturated heterocycles. The lowest BCUT2D eigenvalue weighted by Crippen LogP contribution is -2.35. The average Bonchev–Trinajstić information content (AvgIpc) is 3.58. The number of carbonyl (C=O) groups excluding carboxylic acids is 1. The normalized spacial score (nSPS) is 14.4. The number of rotatable bonds is 8. The van der Waals surface area contributed by atoms with E-state index in [1.54, 1.807) is 25.1 Å². The molecular weight excluding hydrogens is 509 g/mol. The van der Waals surface area contributed by atoms with Crippen LogP contribution in [0.15, 0.2) is 41.3 Å². The van der Waals surface area contributed by atoms with E-state index in [2.05, 4.69) is 23.9 Å². The molecule has 1 amide bonds. The zero-order valence-electron chi connectivity index (χ0n) is 21.5. The van der Waals surface area contributed by atoms with E-state index in [0.717, 1.165) is 41.5 Å². The molecule has 0 bridgehead atoms. The van der Waals surface area contributed by atoms with Crippen LogP contribution in [0.25, 0.3) is 0 Å². The number of amides is 1. The van der Waals surface area contributed by atoms with Crippen molar-refractivity contribution in [3.63, 3.8) is 0 Å². The highest BCUT2D eigenvalue weighted by molar-refractivity contribution is 7.92. The molecule has 1 fully saturated rings. The van der Waals surface area contributed by atoms with Gasteiger partial charge in [0.25, 0.3) is 10.0 Å². The maximum Gasteiger partial charge on any atom is 0.490 e. The molecular formula is C26H33F3N2O5S. The Morgan fingerprint density at radius 1 is 1.00 bits per heavy atom. The average molecular weight is 543 g/mol. The van der Waals surface area contributed by atoms with Crippen LogP contribution in [0, 0.1) is 26.7 Å². The number of halogens is 3. The number of carboxylic acids is 1. The number of aryl methyl sites for hydroxylation is 3. The number of hydrogen-bond donors (Lipinski definition) is 3. The standard InChI is InChI=1S/C24H32N2O3S.C2HF3O2/c1-16(2)10-13-25-23(27)24(11-12-24)20-6-8-21(9-7-20)26-30(28,29)22-15-18(4)17(3)14-19(22)5;3-2(4,5)1(6)7/h6-9,14-16,26H,10-13H2,1-5H3,(H,25,27);(H,6,7). The van der Waals surface area contributed by atoms with Crippen molar-refractivity contribution in [2.75, 3.05) is 11.3 Å². The fourth-order valence-corrected chi connectivity index (χ4v) is 5.08. The Bertz CT molecular complexity index is 1240. The van der Waals surface area contributed by atoms with Gasteiger partial charge < -0.3 is 10.4 Å². The topological polar surface area (TPSA) is 113 Å². The van der Waals surface area contributed by atoms with Crippen molar-refractivity contribution in [1.29, 1.82) is 0 Å². The minimum Gasteiger partial charge on any atom is -0.475 e. The smallest absolute Gasteiger partial charge is 0.475 e. The van der Waals surface area contributed by atoms with Gasteiger partial charge in [0.2, 0.25) is 5.91 Å². The van der Waals surface area contributed by atoms with Crippen LogP contribution in [0.1, 0.15) is 55.4 Å². The summed E-state index contributed by atoms with van der Waals surface area (Å²) in [5, 5.41) is 10.2. The fourth-order valence-electron chi connectivity index (χ4n) is 3.71. The van der Waals surface area contributed by atoms with Gasteiger partial charge in [-0.15, -0.1) is 0 Å². The van der Waals surface area contributed by atoms with E-state index in [0.29, 0.717) is 18.2 Å². The van der Waals surface area contributed by atoms with Crippen LogP contribution >= 0.6 is 0 Å². The predicted molar refractivity (Wildman–Crippen MR) is 135 cm³/mol. The summed E-state index contributed by atoms with van der Waals surface area (Å²) in [7, 11) is -3.68. The third-order valence-corrected chi connectivity index (χ3v) is 7.73. The number of sulfonamides is 1. The predicted octanol–water partition coefficient (Wildman–Crippen LogP) is 5.24. The molecule has 0 spiro atoms. The summed E-state index contributed by atoms with van der Waals surface area (Å²) in [4.78, 5) is 21.9. The molecule has 0 unspecified atom stereocenters. The largest absolute Gasteiger partial charge is 0.490 e. The summed E-state index contributed by atoms with van der Waals surface area (Å²) in [6.07, 6.45) is -2.47. The van der Waals surface area contributed by atoms with Gasteiger partial charge in [0.05, 0.1) is 10.3 Å². The Labute approximate surface area is 215 Å². The minimum atomic E-state index is -5.08. The second-order valence-corrected chi connectivity index (χ2v) is 11.4. The van der Waals surface area contributed by atoms with Crippen molar-refractivity contribution in [1.82, 2.24) is 5.32 Å². The lowest BCUT2D eigenvalue weighted by Gasteiger charge is -2.17. The summed E-state index contributed by atoms with van der Waals surface area (Å²) in [5.41, 5.74) is 3.70. The Balaban J connectivity index is 0.000000604. The van der Waals surface area contributed by atoms with Crippen LogP contribution in [-0.4, -0.2) is 38.1 Å². The Morgan fingerprint density at radius 3 is 1.97 bits per heavy atom. The molecule has 11 heteroatoms. The lowest BCUT2D eigenvalue weighted by atomic mass is 9.94. The number of carbonyl (C=O) groups is 2. The Hall–Kier alpha value is -3.08. The van der Waals surface area contributed by atoms with Crippen molar-refractivity contribution < 1.29 is 36.3 Å². The summed E-state index contributed by atoms with van der Waals surface area (Å²) < 4.78 is 60.2. The van der Waals surface area contributed by atoms with E-state index in [1.165, 1.54) is 0 Å². The molecule has 204 valence electrons. The molecule has 3 N–H and O–H groups in total. The van der Waals surface area contributed by atoms with Crippen LogP contribution in [0.3, 0.4) is 0 Å².